The van der Waals surface area contributed by atoms with Gasteiger partial charge in [0.25, 0.3) is 11.8 Å². The Morgan fingerprint density at radius 2 is 1.79 bits per heavy atom. The Labute approximate surface area is 167 Å². The number of ether oxygens (including phenoxy) is 2. The van der Waals surface area contributed by atoms with Gasteiger partial charge in [0.15, 0.2) is 11.5 Å². The Kier molecular flexibility index (Phi) is 6.09. The van der Waals surface area contributed by atoms with E-state index < -0.39 is 23.5 Å². The van der Waals surface area contributed by atoms with Gasteiger partial charge in [-0.05, 0) is 52.3 Å². The van der Waals surface area contributed by atoms with E-state index in [0.717, 1.165) is 6.07 Å². The Morgan fingerprint density at radius 3 is 2.61 bits per heavy atom. The molecule has 0 fully saturated rings. The molecule has 0 unspecified atom stereocenters. The molecule has 0 saturated carbocycles. The third-order valence-electron chi connectivity index (χ3n) is 3.76. The van der Waals surface area contributed by atoms with Gasteiger partial charge in [-0.15, -0.1) is 0 Å². The predicted molar refractivity (Wildman–Crippen MR) is 99.2 cm³/mol. The molecule has 0 spiro atoms. The van der Waals surface area contributed by atoms with Gasteiger partial charge in [0.2, 0.25) is 12.7 Å². The van der Waals surface area contributed by atoms with Gasteiger partial charge >= 0.3 is 0 Å². The van der Waals surface area contributed by atoms with Crippen LogP contribution in [0.15, 0.2) is 40.9 Å². The maximum Gasteiger partial charge on any atom is 0.269 e. The average molecular weight is 452 g/mol. The average Bonchev–Trinajstić information content (AvgIpc) is 3.15. The zero-order chi connectivity index (χ0) is 20.1. The van der Waals surface area contributed by atoms with Crippen LogP contribution in [-0.2, 0) is 4.79 Å². The second kappa shape index (κ2) is 8.70. The van der Waals surface area contributed by atoms with Crippen molar-refractivity contribution in [2.45, 2.75) is 6.42 Å². The molecule has 1 heterocycles. The highest BCUT2D eigenvalue weighted by molar-refractivity contribution is 9.10. The van der Waals surface area contributed by atoms with E-state index in [1.54, 1.807) is 6.07 Å². The van der Waals surface area contributed by atoms with Crippen molar-refractivity contribution in [2.24, 2.45) is 0 Å². The monoisotopic (exact) mass is 451 g/mol. The zero-order valence-electron chi connectivity index (χ0n) is 14.4. The molecule has 8 nitrogen and oxygen atoms in total. The van der Waals surface area contributed by atoms with Crippen LogP contribution < -0.4 is 25.6 Å². The number of halogens is 2. The molecule has 0 aromatic heterocycles. The number of amides is 3. The molecule has 0 atom stereocenters. The lowest BCUT2D eigenvalue weighted by atomic mass is 10.2. The summed E-state index contributed by atoms with van der Waals surface area (Å²) >= 11 is 3.16. The van der Waals surface area contributed by atoms with E-state index in [0.29, 0.717) is 16.0 Å². The molecule has 3 amide bonds. The number of carbonyl (C=O) groups is 3. The largest absolute Gasteiger partial charge is 0.454 e. The van der Waals surface area contributed by atoms with Crippen LogP contribution in [0.1, 0.15) is 27.1 Å². The Hall–Kier alpha value is -3.14. The molecule has 0 saturated heterocycles. The van der Waals surface area contributed by atoms with E-state index in [4.69, 9.17) is 9.47 Å². The number of fused-ring (bicyclic) bond motifs is 1. The molecule has 0 aliphatic carbocycles. The molecule has 3 N–H and O–H groups in total. The first-order chi connectivity index (χ1) is 13.4. The van der Waals surface area contributed by atoms with Gasteiger partial charge < -0.3 is 14.8 Å². The van der Waals surface area contributed by atoms with E-state index in [1.165, 1.54) is 24.3 Å². The van der Waals surface area contributed by atoms with Crippen LogP contribution in [0.4, 0.5) is 4.39 Å². The van der Waals surface area contributed by atoms with E-state index in [1.807, 2.05) is 0 Å². The van der Waals surface area contributed by atoms with Crippen LogP contribution in [0.2, 0.25) is 0 Å². The first-order valence-corrected chi connectivity index (χ1v) is 8.95. The molecule has 2 aromatic rings. The normalized spacial score (nSPS) is 11.6. The van der Waals surface area contributed by atoms with Crippen molar-refractivity contribution >= 4 is 33.7 Å². The van der Waals surface area contributed by atoms with Crippen LogP contribution in [0.25, 0.3) is 0 Å². The summed E-state index contributed by atoms with van der Waals surface area (Å²) in [6, 6.07) is 8.36. The van der Waals surface area contributed by atoms with Crippen molar-refractivity contribution in [3.63, 3.8) is 0 Å². The summed E-state index contributed by atoms with van der Waals surface area (Å²) in [6.45, 7) is 0.0998. The number of nitrogens with one attached hydrogen (secondary N) is 3. The number of carbonyl (C=O) groups excluding carboxylic acids is 3. The van der Waals surface area contributed by atoms with Crippen LogP contribution in [0, 0.1) is 5.82 Å². The topological polar surface area (TPSA) is 106 Å². The lowest BCUT2D eigenvalue weighted by molar-refractivity contribution is -0.121. The van der Waals surface area contributed by atoms with Gasteiger partial charge in [-0.25, -0.2) is 4.39 Å². The van der Waals surface area contributed by atoms with Gasteiger partial charge in [0, 0.05) is 23.0 Å². The summed E-state index contributed by atoms with van der Waals surface area (Å²) in [5, 5.41) is 2.51. The third kappa shape index (κ3) is 4.77. The quantitative estimate of drug-likeness (QED) is 0.602. The molecule has 0 radical (unpaired) electrons. The van der Waals surface area contributed by atoms with Crippen molar-refractivity contribution in [3.05, 3.63) is 57.8 Å². The van der Waals surface area contributed by atoms with Gasteiger partial charge in [0.05, 0.1) is 5.56 Å². The van der Waals surface area contributed by atoms with Crippen molar-refractivity contribution < 1.29 is 28.2 Å². The maximum atomic E-state index is 13.2. The van der Waals surface area contributed by atoms with E-state index in [2.05, 4.69) is 32.1 Å². The van der Waals surface area contributed by atoms with Crippen molar-refractivity contribution in [1.29, 1.82) is 0 Å². The Balaban J connectivity index is 1.42. The number of rotatable bonds is 5. The minimum Gasteiger partial charge on any atom is -0.454 e. The molecule has 1 aliphatic rings. The number of hydrogen-bond donors (Lipinski definition) is 3. The number of hydrazine groups is 1. The lowest BCUT2D eigenvalue weighted by Gasteiger charge is -2.09. The summed E-state index contributed by atoms with van der Waals surface area (Å²) < 4.78 is 24.0. The minimum absolute atomic E-state index is 0.00745. The smallest absolute Gasteiger partial charge is 0.269 e. The first-order valence-electron chi connectivity index (χ1n) is 8.16. The summed E-state index contributed by atoms with van der Waals surface area (Å²) in [4.78, 5) is 35.9. The van der Waals surface area contributed by atoms with E-state index >= 15 is 0 Å². The van der Waals surface area contributed by atoms with Crippen molar-refractivity contribution in [2.75, 3.05) is 13.3 Å². The van der Waals surface area contributed by atoms with Crippen LogP contribution in [0.3, 0.4) is 0 Å². The molecular weight excluding hydrogens is 437 g/mol. The molecule has 3 rings (SSSR count). The fourth-order valence-electron chi connectivity index (χ4n) is 2.36. The van der Waals surface area contributed by atoms with E-state index in [-0.39, 0.29) is 30.9 Å². The van der Waals surface area contributed by atoms with Crippen LogP contribution >= 0.6 is 15.9 Å². The molecule has 2 aromatic carbocycles. The molecule has 1 aliphatic heterocycles. The predicted octanol–water partition coefficient (Wildman–Crippen LogP) is 1.90. The fraction of sp³-hybridized carbons (Fsp3) is 0.167. The maximum absolute atomic E-state index is 13.2. The van der Waals surface area contributed by atoms with Crippen molar-refractivity contribution in [3.8, 4) is 11.5 Å². The van der Waals surface area contributed by atoms with Crippen molar-refractivity contribution in [1.82, 2.24) is 16.2 Å². The molecule has 0 bridgehead atoms. The highest BCUT2D eigenvalue weighted by atomic mass is 79.9. The van der Waals surface area contributed by atoms with Gasteiger partial charge in [0.1, 0.15) is 5.82 Å². The highest BCUT2D eigenvalue weighted by Crippen LogP contribution is 2.32. The molecule has 28 heavy (non-hydrogen) atoms. The number of benzene rings is 2. The van der Waals surface area contributed by atoms with Gasteiger partial charge in [-0.1, -0.05) is 0 Å². The standard InChI is InChI=1S/C18H15BrFN3O5/c19-13-3-2-11(20)8-12(13)18(26)21-6-5-16(24)22-23-17(25)10-1-4-14-15(7-10)28-9-27-14/h1-4,7-8H,5-6,9H2,(H,21,26)(H,22,24)(H,23,25). The minimum atomic E-state index is -0.544. The summed E-state index contributed by atoms with van der Waals surface area (Å²) in [5.74, 6) is -1.11. The molecule has 10 heteroatoms. The highest BCUT2D eigenvalue weighted by Gasteiger charge is 2.16. The lowest BCUT2D eigenvalue weighted by Crippen LogP contribution is -2.42. The van der Waals surface area contributed by atoms with Crippen LogP contribution in [0.5, 0.6) is 11.5 Å². The molecular formula is C18H15BrFN3O5. The van der Waals surface area contributed by atoms with Crippen LogP contribution in [-0.4, -0.2) is 31.1 Å². The third-order valence-corrected chi connectivity index (χ3v) is 4.45. The number of hydrogen-bond acceptors (Lipinski definition) is 5. The van der Waals surface area contributed by atoms with E-state index in [9.17, 15) is 18.8 Å². The second-order valence-electron chi connectivity index (χ2n) is 5.70. The van der Waals surface area contributed by atoms with Gasteiger partial charge in [-0.2, -0.15) is 0 Å². The first kappa shape index (κ1) is 19.6. The second-order valence-corrected chi connectivity index (χ2v) is 6.55. The fourth-order valence-corrected chi connectivity index (χ4v) is 2.78. The summed E-state index contributed by atoms with van der Waals surface area (Å²) in [6.07, 6.45) is -0.0832. The zero-order valence-corrected chi connectivity index (χ0v) is 16.0. The molecule has 146 valence electrons. The Bertz CT molecular complexity index is 937. The summed E-state index contributed by atoms with van der Waals surface area (Å²) in [7, 11) is 0. The Morgan fingerprint density at radius 1 is 1.00 bits per heavy atom. The summed E-state index contributed by atoms with van der Waals surface area (Å²) in [5.41, 5.74) is 4.93. The van der Waals surface area contributed by atoms with Gasteiger partial charge in [-0.3, -0.25) is 25.2 Å². The SMILES string of the molecule is O=C(CCNC(=O)c1cc(F)ccc1Br)NNC(=O)c1ccc2c(c1)OCO2.